The highest BCUT2D eigenvalue weighted by Gasteiger charge is 2.35. The lowest BCUT2D eigenvalue weighted by Gasteiger charge is -2.30. The summed E-state index contributed by atoms with van der Waals surface area (Å²) < 4.78 is 12.6. The molecular formula is C11H21IO2. The summed E-state index contributed by atoms with van der Waals surface area (Å²) in [6.07, 6.45) is 5.34. The average molecular weight is 312 g/mol. The van der Waals surface area contributed by atoms with E-state index in [2.05, 4.69) is 29.5 Å². The SMILES string of the molecule is CCOCC(C)OC1(CI)CCCC1. The summed E-state index contributed by atoms with van der Waals surface area (Å²) in [6.45, 7) is 5.65. The van der Waals surface area contributed by atoms with Crippen molar-refractivity contribution in [2.24, 2.45) is 0 Å². The van der Waals surface area contributed by atoms with E-state index in [-0.39, 0.29) is 11.7 Å². The Bertz CT molecular complexity index is 155. The quantitative estimate of drug-likeness (QED) is 0.554. The van der Waals surface area contributed by atoms with Gasteiger partial charge >= 0.3 is 0 Å². The third-order valence-electron chi connectivity index (χ3n) is 2.77. The summed E-state index contributed by atoms with van der Waals surface area (Å²) in [7, 11) is 0. The minimum atomic E-state index is 0.164. The van der Waals surface area contributed by atoms with E-state index in [1.54, 1.807) is 0 Å². The fourth-order valence-electron chi connectivity index (χ4n) is 2.05. The van der Waals surface area contributed by atoms with Gasteiger partial charge in [-0.3, -0.25) is 0 Å². The zero-order valence-electron chi connectivity index (χ0n) is 9.22. The van der Waals surface area contributed by atoms with Gasteiger partial charge in [0, 0.05) is 11.0 Å². The molecule has 0 N–H and O–H groups in total. The van der Waals surface area contributed by atoms with Gasteiger partial charge in [0.25, 0.3) is 0 Å². The lowest BCUT2D eigenvalue weighted by Crippen LogP contribution is -2.36. The molecule has 14 heavy (non-hydrogen) atoms. The first-order chi connectivity index (χ1) is 6.72. The van der Waals surface area contributed by atoms with Crippen LogP contribution >= 0.6 is 22.6 Å². The van der Waals surface area contributed by atoms with Crippen LogP contribution in [0.2, 0.25) is 0 Å². The lowest BCUT2D eigenvalue weighted by atomic mass is 10.1. The molecule has 1 aliphatic rings. The highest BCUT2D eigenvalue weighted by molar-refractivity contribution is 14.1. The molecule has 0 spiro atoms. The maximum atomic E-state index is 6.12. The van der Waals surface area contributed by atoms with E-state index in [0.717, 1.165) is 17.6 Å². The second kappa shape index (κ2) is 6.28. The van der Waals surface area contributed by atoms with Crippen LogP contribution in [0.3, 0.4) is 0 Å². The monoisotopic (exact) mass is 312 g/mol. The molecule has 84 valence electrons. The van der Waals surface area contributed by atoms with Crippen molar-refractivity contribution in [3.8, 4) is 0 Å². The van der Waals surface area contributed by atoms with E-state index in [1.165, 1.54) is 25.7 Å². The molecule has 0 amide bonds. The van der Waals surface area contributed by atoms with Crippen molar-refractivity contribution >= 4 is 22.6 Å². The van der Waals surface area contributed by atoms with Crippen LogP contribution in [0.1, 0.15) is 39.5 Å². The second-order valence-electron chi connectivity index (χ2n) is 4.11. The van der Waals surface area contributed by atoms with Crippen LogP contribution < -0.4 is 0 Å². The van der Waals surface area contributed by atoms with E-state index in [1.807, 2.05) is 6.92 Å². The molecule has 0 saturated heterocycles. The summed E-state index contributed by atoms with van der Waals surface area (Å²) in [5.41, 5.74) is 0.164. The maximum Gasteiger partial charge on any atom is 0.0788 e. The van der Waals surface area contributed by atoms with Crippen LogP contribution in [0.15, 0.2) is 0 Å². The van der Waals surface area contributed by atoms with Crippen molar-refractivity contribution in [3.05, 3.63) is 0 Å². The highest BCUT2D eigenvalue weighted by Crippen LogP contribution is 2.35. The van der Waals surface area contributed by atoms with Crippen LogP contribution in [0, 0.1) is 0 Å². The number of alkyl halides is 1. The minimum absolute atomic E-state index is 0.164. The van der Waals surface area contributed by atoms with Crippen molar-refractivity contribution < 1.29 is 9.47 Å². The van der Waals surface area contributed by atoms with Crippen LogP contribution in [0.25, 0.3) is 0 Å². The zero-order valence-corrected chi connectivity index (χ0v) is 11.4. The average Bonchev–Trinajstić information content (AvgIpc) is 2.64. The fourth-order valence-corrected chi connectivity index (χ4v) is 2.99. The van der Waals surface area contributed by atoms with Crippen molar-refractivity contribution in [2.75, 3.05) is 17.6 Å². The van der Waals surface area contributed by atoms with Gasteiger partial charge in [-0.25, -0.2) is 0 Å². The van der Waals surface area contributed by atoms with Crippen LogP contribution in [-0.4, -0.2) is 29.3 Å². The topological polar surface area (TPSA) is 18.5 Å². The molecule has 0 aromatic carbocycles. The number of halogens is 1. The van der Waals surface area contributed by atoms with Crippen molar-refractivity contribution in [3.63, 3.8) is 0 Å². The molecular weight excluding hydrogens is 291 g/mol. The Hall–Kier alpha value is 0.650. The van der Waals surface area contributed by atoms with Crippen molar-refractivity contribution in [1.82, 2.24) is 0 Å². The largest absolute Gasteiger partial charge is 0.379 e. The molecule has 3 heteroatoms. The Morgan fingerprint density at radius 1 is 1.36 bits per heavy atom. The second-order valence-corrected chi connectivity index (χ2v) is 4.87. The normalized spacial score (nSPS) is 22.5. The van der Waals surface area contributed by atoms with Crippen LogP contribution in [0.5, 0.6) is 0 Å². The Balaban J connectivity index is 2.32. The van der Waals surface area contributed by atoms with E-state index in [9.17, 15) is 0 Å². The Morgan fingerprint density at radius 2 is 2.00 bits per heavy atom. The molecule has 0 aliphatic heterocycles. The van der Waals surface area contributed by atoms with Gasteiger partial charge in [-0.2, -0.15) is 0 Å². The lowest BCUT2D eigenvalue weighted by molar-refractivity contribution is -0.0937. The van der Waals surface area contributed by atoms with E-state index in [0.29, 0.717) is 0 Å². The molecule has 1 atom stereocenters. The molecule has 0 aromatic rings. The number of hydrogen-bond acceptors (Lipinski definition) is 2. The predicted octanol–water partition coefficient (Wildman–Crippen LogP) is 3.18. The summed E-state index contributed by atoms with van der Waals surface area (Å²) in [5.74, 6) is 0. The molecule has 0 aromatic heterocycles. The predicted molar refractivity (Wildman–Crippen MR) is 67.1 cm³/mol. The summed E-state index contributed by atoms with van der Waals surface area (Å²) in [6, 6.07) is 0. The molecule has 1 saturated carbocycles. The van der Waals surface area contributed by atoms with E-state index in [4.69, 9.17) is 9.47 Å². The molecule has 0 bridgehead atoms. The standard InChI is InChI=1S/C11H21IO2/c1-3-13-8-10(2)14-11(9-12)6-4-5-7-11/h10H,3-9H2,1-2H3. The van der Waals surface area contributed by atoms with Crippen LogP contribution in [-0.2, 0) is 9.47 Å². The van der Waals surface area contributed by atoms with Gasteiger partial charge in [0.05, 0.1) is 18.3 Å². The fraction of sp³-hybridized carbons (Fsp3) is 1.00. The van der Waals surface area contributed by atoms with Gasteiger partial charge < -0.3 is 9.47 Å². The van der Waals surface area contributed by atoms with Gasteiger partial charge in [0.15, 0.2) is 0 Å². The number of hydrogen-bond donors (Lipinski definition) is 0. The van der Waals surface area contributed by atoms with E-state index < -0.39 is 0 Å². The Morgan fingerprint density at radius 3 is 2.50 bits per heavy atom. The third-order valence-corrected chi connectivity index (χ3v) is 4.16. The van der Waals surface area contributed by atoms with Gasteiger partial charge in [0.1, 0.15) is 0 Å². The molecule has 1 fully saturated rings. The van der Waals surface area contributed by atoms with Crippen LogP contribution in [0.4, 0.5) is 0 Å². The molecule has 2 nitrogen and oxygen atoms in total. The van der Waals surface area contributed by atoms with Gasteiger partial charge in [0.2, 0.25) is 0 Å². The first-order valence-electron chi connectivity index (χ1n) is 5.54. The van der Waals surface area contributed by atoms with Gasteiger partial charge in [-0.05, 0) is 26.7 Å². The van der Waals surface area contributed by atoms with Crippen molar-refractivity contribution in [2.45, 2.75) is 51.2 Å². The van der Waals surface area contributed by atoms with E-state index >= 15 is 0 Å². The number of rotatable bonds is 6. The first-order valence-corrected chi connectivity index (χ1v) is 7.06. The smallest absolute Gasteiger partial charge is 0.0788 e. The summed E-state index contributed by atoms with van der Waals surface area (Å²) in [5, 5.41) is 0. The zero-order chi connectivity index (χ0) is 10.4. The highest BCUT2D eigenvalue weighted by atomic mass is 127. The van der Waals surface area contributed by atoms with Gasteiger partial charge in [-0.1, -0.05) is 35.4 Å². The Kier molecular flexibility index (Phi) is 5.71. The minimum Gasteiger partial charge on any atom is -0.379 e. The molecule has 0 heterocycles. The molecule has 1 aliphatic carbocycles. The molecule has 0 radical (unpaired) electrons. The summed E-state index contributed by atoms with van der Waals surface area (Å²) in [4.78, 5) is 0. The van der Waals surface area contributed by atoms with Gasteiger partial charge in [-0.15, -0.1) is 0 Å². The summed E-state index contributed by atoms with van der Waals surface area (Å²) >= 11 is 2.45. The van der Waals surface area contributed by atoms with Crippen molar-refractivity contribution in [1.29, 1.82) is 0 Å². The molecule has 1 rings (SSSR count). The Labute approximate surface area is 101 Å². The number of ether oxygens (including phenoxy) is 2. The third kappa shape index (κ3) is 3.66. The maximum absolute atomic E-state index is 6.12. The molecule has 1 unspecified atom stereocenters. The first kappa shape index (κ1) is 12.7.